The molecule has 0 aliphatic rings. The van der Waals surface area contributed by atoms with Crippen LogP contribution in [-0.4, -0.2) is 7.11 Å². The van der Waals surface area contributed by atoms with E-state index in [4.69, 9.17) is 4.74 Å². The summed E-state index contributed by atoms with van der Waals surface area (Å²) in [6.45, 7) is 2.88. The van der Waals surface area contributed by atoms with Crippen molar-refractivity contribution < 1.29 is 4.74 Å². The van der Waals surface area contributed by atoms with Gasteiger partial charge in [0.05, 0.1) is 16.6 Å². The molecule has 90 valence electrons. The molecule has 0 saturated heterocycles. The number of aryl methyl sites for hydroxylation is 1. The first-order valence-electron chi connectivity index (χ1n) is 5.30. The lowest BCUT2D eigenvalue weighted by Gasteiger charge is -2.11. The van der Waals surface area contributed by atoms with Crippen molar-refractivity contribution in [1.29, 1.82) is 0 Å². The number of ether oxygens (including phenoxy) is 1. The van der Waals surface area contributed by atoms with Crippen molar-refractivity contribution in [1.82, 2.24) is 0 Å². The van der Waals surface area contributed by atoms with Crippen molar-refractivity contribution in [3.8, 4) is 5.75 Å². The first-order valence-corrected chi connectivity index (χ1v) is 6.97. The summed E-state index contributed by atoms with van der Waals surface area (Å²) in [5, 5.41) is 5.53. The molecular weight excluding hydrogens is 298 g/mol. The van der Waals surface area contributed by atoms with Crippen LogP contribution >= 0.6 is 27.3 Å². The van der Waals surface area contributed by atoms with Crippen LogP contribution in [0.1, 0.15) is 11.1 Å². The van der Waals surface area contributed by atoms with Gasteiger partial charge >= 0.3 is 0 Å². The van der Waals surface area contributed by atoms with Crippen LogP contribution in [0, 0.1) is 6.92 Å². The Bertz CT molecular complexity index is 510. The second-order valence-corrected chi connectivity index (χ2v) is 6.11. The second kappa shape index (κ2) is 5.56. The maximum absolute atomic E-state index is 5.32. The van der Waals surface area contributed by atoms with Crippen LogP contribution in [0.3, 0.4) is 0 Å². The molecule has 0 unspecified atom stereocenters. The number of rotatable bonds is 4. The van der Waals surface area contributed by atoms with Gasteiger partial charge in [-0.25, -0.2) is 0 Å². The number of benzene rings is 1. The molecule has 17 heavy (non-hydrogen) atoms. The fourth-order valence-electron chi connectivity index (χ4n) is 1.60. The summed E-state index contributed by atoms with van der Waals surface area (Å²) >= 11 is 5.16. The standard InChI is InChI=1S/C13H14BrNOS/c1-9-3-4-12(16-2)11(5-9)15-7-10-6-13(14)17-8-10/h3-6,8,15H,7H2,1-2H3. The lowest BCUT2D eigenvalue weighted by atomic mass is 10.2. The van der Waals surface area contributed by atoms with Gasteiger partial charge in [-0.1, -0.05) is 6.07 Å². The van der Waals surface area contributed by atoms with E-state index in [1.807, 2.05) is 12.1 Å². The van der Waals surface area contributed by atoms with E-state index in [0.29, 0.717) is 0 Å². The topological polar surface area (TPSA) is 21.3 Å². The van der Waals surface area contributed by atoms with Gasteiger partial charge in [0.25, 0.3) is 0 Å². The molecule has 2 aromatic rings. The Morgan fingerprint density at radius 2 is 2.18 bits per heavy atom. The number of nitrogens with one attached hydrogen (secondary N) is 1. The van der Waals surface area contributed by atoms with Crippen molar-refractivity contribution in [3.05, 3.63) is 44.6 Å². The van der Waals surface area contributed by atoms with E-state index >= 15 is 0 Å². The molecular formula is C13H14BrNOS. The molecule has 4 heteroatoms. The SMILES string of the molecule is COc1ccc(C)cc1NCc1csc(Br)c1. The molecule has 1 N–H and O–H groups in total. The van der Waals surface area contributed by atoms with Gasteiger partial charge < -0.3 is 10.1 Å². The van der Waals surface area contributed by atoms with E-state index in [-0.39, 0.29) is 0 Å². The van der Waals surface area contributed by atoms with Crippen molar-refractivity contribution in [2.75, 3.05) is 12.4 Å². The first-order chi connectivity index (χ1) is 8.19. The van der Waals surface area contributed by atoms with Gasteiger partial charge in [-0.3, -0.25) is 0 Å². The van der Waals surface area contributed by atoms with Gasteiger partial charge in [-0.2, -0.15) is 0 Å². The molecule has 1 heterocycles. The molecule has 0 aliphatic carbocycles. The van der Waals surface area contributed by atoms with E-state index in [0.717, 1.165) is 21.8 Å². The number of halogens is 1. The van der Waals surface area contributed by atoms with E-state index < -0.39 is 0 Å². The minimum atomic E-state index is 0.807. The third-order valence-electron chi connectivity index (χ3n) is 2.46. The highest BCUT2D eigenvalue weighted by atomic mass is 79.9. The molecule has 0 bridgehead atoms. The van der Waals surface area contributed by atoms with E-state index in [1.54, 1.807) is 18.4 Å². The first kappa shape index (κ1) is 12.5. The minimum absolute atomic E-state index is 0.807. The molecule has 2 nitrogen and oxygen atoms in total. The molecule has 2 rings (SSSR count). The van der Waals surface area contributed by atoms with Crippen LogP contribution in [0.15, 0.2) is 33.4 Å². The quantitative estimate of drug-likeness (QED) is 0.901. The smallest absolute Gasteiger partial charge is 0.141 e. The second-order valence-electron chi connectivity index (χ2n) is 3.82. The molecule has 0 spiro atoms. The molecule has 0 saturated carbocycles. The largest absolute Gasteiger partial charge is 0.495 e. The molecule has 0 atom stereocenters. The minimum Gasteiger partial charge on any atom is -0.495 e. The van der Waals surface area contributed by atoms with Crippen molar-refractivity contribution in [2.45, 2.75) is 13.5 Å². The third-order valence-corrected chi connectivity index (χ3v) is 4.01. The van der Waals surface area contributed by atoms with Crippen molar-refractivity contribution in [2.24, 2.45) is 0 Å². The zero-order valence-electron chi connectivity index (χ0n) is 9.79. The highest BCUT2D eigenvalue weighted by molar-refractivity contribution is 9.11. The Morgan fingerprint density at radius 3 is 2.82 bits per heavy atom. The van der Waals surface area contributed by atoms with Gasteiger partial charge in [-0.15, -0.1) is 11.3 Å². The number of hydrogen-bond acceptors (Lipinski definition) is 3. The normalized spacial score (nSPS) is 10.3. The molecule has 0 amide bonds. The van der Waals surface area contributed by atoms with Gasteiger partial charge in [-0.05, 0) is 57.6 Å². The summed E-state index contributed by atoms with van der Waals surface area (Å²) in [6.07, 6.45) is 0. The molecule has 0 aliphatic heterocycles. The Hall–Kier alpha value is -1.00. The summed E-state index contributed by atoms with van der Waals surface area (Å²) in [4.78, 5) is 0. The number of hydrogen-bond donors (Lipinski definition) is 1. The zero-order chi connectivity index (χ0) is 12.3. The van der Waals surface area contributed by atoms with Crippen molar-refractivity contribution >= 4 is 33.0 Å². The monoisotopic (exact) mass is 311 g/mol. The van der Waals surface area contributed by atoms with Gasteiger partial charge in [0.2, 0.25) is 0 Å². The lowest BCUT2D eigenvalue weighted by Crippen LogP contribution is -2.00. The summed E-state index contributed by atoms with van der Waals surface area (Å²) in [6, 6.07) is 8.26. The van der Waals surface area contributed by atoms with Crippen LogP contribution in [0.5, 0.6) is 5.75 Å². The Labute approximate surface area is 114 Å². The maximum Gasteiger partial charge on any atom is 0.141 e. The molecule has 0 fully saturated rings. The predicted molar refractivity (Wildman–Crippen MR) is 77.1 cm³/mol. The van der Waals surface area contributed by atoms with E-state index in [2.05, 4.69) is 45.7 Å². The Balaban J connectivity index is 2.10. The fraction of sp³-hybridized carbons (Fsp3) is 0.231. The fourth-order valence-corrected chi connectivity index (χ4v) is 2.80. The van der Waals surface area contributed by atoms with Crippen LogP contribution < -0.4 is 10.1 Å². The van der Waals surface area contributed by atoms with Gasteiger partial charge in [0, 0.05) is 6.54 Å². The molecule has 0 radical (unpaired) electrons. The molecule has 1 aromatic heterocycles. The maximum atomic E-state index is 5.32. The number of methoxy groups -OCH3 is 1. The highest BCUT2D eigenvalue weighted by Gasteiger charge is 2.03. The highest BCUT2D eigenvalue weighted by Crippen LogP contribution is 2.27. The Morgan fingerprint density at radius 1 is 1.35 bits per heavy atom. The van der Waals surface area contributed by atoms with Crippen LogP contribution in [0.2, 0.25) is 0 Å². The van der Waals surface area contributed by atoms with E-state index in [9.17, 15) is 0 Å². The number of thiophene rings is 1. The van der Waals surface area contributed by atoms with Crippen molar-refractivity contribution in [3.63, 3.8) is 0 Å². The van der Waals surface area contributed by atoms with Crippen LogP contribution in [0.4, 0.5) is 5.69 Å². The van der Waals surface area contributed by atoms with Crippen LogP contribution in [-0.2, 0) is 6.54 Å². The third kappa shape index (κ3) is 3.23. The predicted octanol–water partition coefficient (Wildman–Crippen LogP) is 4.44. The zero-order valence-corrected chi connectivity index (χ0v) is 12.2. The lowest BCUT2D eigenvalue weighted by molar-refractivity contribution is 0.416. The summed E-state index contributed by atoms with van der Waals surface area (Å²) < 4.78 is 6.48. The van der Waals surface area contributed by atoms with Gasteiger partial charge in [0.1, 0.15) is 5.75 Å². The summed E-state index contributed by atoms with van der Waals surface area (Å²) in [5.74, 6) is 0.880. The molecule has 1 aromatic carbocycles. The summed E-state index contributed by atoms with van der Waals surface area (Å²) in [7, 11) is 1.69. The van der Waals surface area contributed by atoms with Gasteiger partial charge in [0.15, 0.2) is 0 Å². The Kier molecular flexibility index (Phi) is 4.07. The number of anilines is 1. The average Bonchev–Trinajstić information content (AvgIpc) is 2.73. The van der Waals surface area contributed by atoms with E-state index in [1.165, 1.54) is 11.1 Å². The average molecular weight is 312 g/mol. The summed E-state index contributed by atoms with van der Waals surface area (Å²) in [5.41, 5.74) is 3.53. The van der Waals surface area contributed by atoms with Crippen LogP contribution in [0.25, 0.3) is 0 Å².